The van der Waals surface area contributed by atoms with Gasteiger partial charge in [-0.15, -0.1) is 0 Å². The predicted molar refractivity (Wildman–Crippen MR) is 139 cm³/mol. The molecule has 0 aliphatic heterocycles. The lowest BCUT2D eigenvalue weighted by Gasteiger charge is -2.38. The van der Waals surface area contributed by atoms with Gasteiger partial charge in [-0.05, 0) is 62.4 Å². The largest absolute Gasteiger partial charge is 0.478 e. The first-order valence-corrected chi connectivity index (χ1v) is 13.0. The van der Waals surface area contributed by atoms with Gasteiger partial charge in [0.25, 0.3) is 5.91 Å². The van der Waals surface area contributed by atoms with Gasteiger partial charge in [-0.3, -0.25) is 9.59 Å². The summed E-state index contributed by atoms with van der Waals surface area (Å²) in [6.07, 6.45) is 4.41. The maximum atomic E-state index is 13.5. The molecule has 1 heterocycles. The lowest BCUT2D eigenvalue weighted by molar-refractivity contribution is -0.133. The second-order valence-corrected chi connectivity index (χ2v) is 10.0. The summed E-state index contributed by atoms with van der Waals surface area (Å²) in [5.74, 6) is -1.41. The molecule has 1 aromatic heterocycles. The van der Waals surface area contributed by atoms with E-state index in [1.807, 2.05) is 55.8 Å². The van der Waals surface area contributed by atoms with Gasteiger partial charge in [0.15, 0.2) is 5.69 Å². The van der Waals surface area contributed by atoms with Crippen molar-refractivity contribution < 1.29 is 24.2 Å². The molecule has 4 rings (SSSR count). The number of benzene rings is 1. The number of carbonyl (C=O) groups excluding carboxylic acids is 2. The zero-order valence-electron chi connectivity index (χ0n) is 21.9. The number of hydrogen-bond acceptors (Lipinski definition) is 5. The molecule has 2 amide bonds. The van der Waals surface area contributed by atoms with Crippen LogP contribution in [0.25, 0.3) is 5.69 Å². The number of amides is 2. The van der Waals surface area contributed by atoms with Crippen molar-refractivity contribution in [3.05, 3.63) is 58.9 Å². The Bertz CT molecular complexity index is 1190. The summed E-state index contributed by atoms with van der Waals surface area (Å²) >= 11 is 0. The first-order chi connectivity index (χ1) is 17.7. The van der Waals surface area contributed by atoms with Crippen molar-refractivity contribution in [2.24, 2.45) is 0 Å². The maximum absolute atomic E-state index is 13.5. The lowest BCUT2D eigenvalue weighted by Crippen LogP contribution is -2.59. The third-order valence-electron chi connectivity index (χ3n) is 7.03. The van der Waals surface area contributed by atoms with Gasteiger partial charge in [0.1, 0.15) is 0 Å². The monoisotopic (exact) mass is 508 g/mol. The molecule has 2 aliphatic carbocycles. The highest BCUT2D eigenvalue weighted by molar-refractivity contribution is 5.93. The Morgan fingerprint density at radius 1 is 1.16 bits per heavy atom. The fourth-order valence-electron chi connectivity index (χ4n) is 4.89. The maximum Gasteiger partial charge on any atom is 0.331 e. The van der Waals surface area contributed by atoms with Crippen molar-refractivity contribution in [3.8, 4) is 5.69 Å². The van der Waals surface area contributed by atoms with E-state index in [4.69, 9.17) is 4.74 Å². The topological polar surface area (TPSA) is 123 Å². The number of nitrogens with zero attached hydrogens (tertiary/aromatic N) is 2. The Kier molecular flexibility index (Phi) is 8.12. The summed E-state index contributed by atoms with van der Waals surface area (Å²) in [6.45, 7) is 7.40. The van der Waals surface area contributed by atoms with E-state index in [2.05, 4.69) is 15.7 Å². The Hall–Kier alpha value is -3.46. The van der Waals surface area contributed by atoms with Crippen molar-refractivity contribution in [1.29, 1.82) is 0 Å². The van der Waals surface area contributed by atoms with E-state index in [0.29, 0.717) is 5.92 Å². The molecule has 0 radical (unpaired) electrons. The summed E-state index contributed by atoms with van der Waals surface area (Å²) in [4.78, 5) is 37.5. The fourth-order valence-corrected chi connectivity index (χ4v) is 4.89. The van der Waals surface area contributed by atoms with Gasteiger partial charge in [-0.25, -0.2) is 9.48 Å². The first-order valence-electron chi connectivity index (χ1n) is 13.0. The average Bonchev–Trinajstić information content (AvgIpc) is 3.61. The number of aryl methyl sites for hydroxylation is 1. The van der Waals surface area contributed by atoms with E-state index in [0.717, 1.165) is 42.6 Å². The molecule has 2 aromatic rings. The fraction of sp³-hybridized carbons (Fsp3) is 0.500. The highest BCUT2D eigenvalue weighted by Gasteiger charge is 2.39. The van der Waals surface area contributed by atoms with Crippen LogP contribution in [-0.2, 0) is 14.3 Å². The Morgan fingerprint density at radius 3 is 2.49 bits per heavy atom. The minimum absolute atomic E-state index is 0.0584. The van der Waals surface area contributed by atoms with Crippen LogP contribution in [0, 0.1) is 6.92 Å². The highest BCUT2D eigenvalue weighted by Crippen LogP contribution is 2.41. The third-order valence-corrected chi connectivity index (χ3v) is 7.03. The van der Waals surface area contributed by atoms with Crippen LogP contribution in [0.4, 0.5) is 0 Å². The molecular formula is C28H36N4O5. The molecule has 0 saturated heterocycles. The van der Waals surface area contributed by atoms with Crippen molar-refractivity contribution in [3.63, 3.8) is 0 Å². The van der Waals surface area contributed by atoms with Gasteiger partial charge in [0.2, 0.25) is 5.91 Å². The Morgan fingerprint density at radius 2 is 1.89 bits per heavy atom. The molecule has 0 bridgehead atoms. The van der Waals surface area contributed by atoms with Gasteiger partial charge in [0, 0.05) is 30.5 Å². The van der Waals surface area contributed by atoms with E-state index in [1.54, 1.807) is 6.08 Å². The molecule has 0 unspecified atom stereocenters. The molecule has 2 aliphatic rings. The van der Waals surface area contributed by atoms with Crippen molar-refractivity contribution in [2.45, 2.75) is 90.0 Å². The number of aromatic nitrogens is 2. The second-order valence-electron chi connectivity index (χ2n) is 10.0. The van der Waals surface area contributed by atoms with Crippen LogP contribution >= 0.6 is 0 Å². The van der Waals surface area contributed by atoms with Crippen LogP contribution in [0.15, 0.2) is 42.0 Å². The summed E-state index contributed by atoms with van der Waals surface area (Å²) in [5, 5.41) is 20.2. The molecular weight excluding hydrogens is 472 g/mol. The van der Waals surface area contributed by atoms with E-state index < -0.39 is 30.1 Å². The summed E-state index contributed by atoms with van der Waals surface area (Å²) in [5.41, 5.74) is 3.38. The summed E-state index contributed by atoms with van der Waals surface area (Å²) in [7, 11) is 0. The molecule has 1 saturated carbocycles. The van der Waals surface area contributed by atoms with E-state index in [1.165, 1.54) is 6.92 Å². The smallest absolute Gasteiger partial charge is 0.331 e. The number of hydrogen-bond donors (Lipinski definition) is 3. The van der Waals surface area contributed by atoms with Crippen LogP contribution in [0.1, 0.15) is 80.5 Å². The number of rotatable bonds is 10. The Balaban J connectivity index is 1.63. The standard InChI is InChI=1S/C28H36N4O5/c1-5-21(6-2)37-25-14-19(28(35)36)13-22(26(25)29-17(4)33)30-27(34)23-15-24(18-10-11-18)32(31-23)20-9-7-8-16(3)12-20/h7-9,12,14-15,18,21-22,25-26H,5-6,10-11,13H2,1-4H3,(H,29,33)(H,30,34)(H,35,36)/t22-,25+,26+/m0/s1. The Labute approximate surface area is 217 Å². The van der Waals surface area contributed by atoms with Gasteiger partial charge >= 0.3 is 5.97 Å². The number of nitrogens with one attached hydrogen (secondary N) is 2. The molecule has 0 spiro atoms. The molecule has 3 atom stereocenters. The number of ether oxygens (including phenoxy) is 1. The van der Waals surface area contributed by atoms with Crippen LogP contribution in [0.3, 0.4) is 0 Å². The number of carbonyl (C=O) groups is 3. The van der Waals surface area contributed by atoms with E-state index in [9.17, 15) is 19.5 Å². The lowest BCUT2D eigenvalue weighted by atomic mass is 9.87. The van der Waals surface area contributed by atoms with Gasteiger partial charge in [-0.1, -0.05) is 26.0 Å². The number of carboxylic acid groups (broad SMARTS) is 1. The van der Waals surface area contributed by atoms with Gasteiger partial charge in [-0.2, -0.15) is 5.10 Å². The molecule has 3 N–H and O–H groups in total. The van der Waals surface area contributed by atoms with Crippen molar-refractivity contribution >= 4 is 17.8 Å². The number of aliphatic carboxylic acids is 1. The molecule has 9 nitrogen and oxygen atoms in total. The van der Waals surface area contributed by atoms with Gasteiger partial charge < -0.3 is 20.5 Å². The molecule has 198 valence electrons. The SMILES string of the molecule is CCC(CC)O[C@@H]1C=C(C(=O)O)C[C@H](NC(=O)c2cc(C3CC3)n(-c3cccc(C)c3)n2)[C@H]1NC(C)=O. The predicted octanol–water partition coefficient (Wildman–Crippen LogP) is 3.65. The number of carboxylic acids is 1. The van der Waals surface area contributed by atoms with Crippen LogP contribution in [0.2, 0.25) is 0 Å². The highest BCUT2D eigenvalue weighted by atomic mass is 16.5. The van der Waals surface area contributed by atoms with E-state index >= 15 is 0 Å². The summed E-state index contributed by atoms with van der Waals surface area (Å²) in [6, 6.07) is 8.48. The van der Waals surface area contributed by atoms with Gasteiger partial charge in [0.05, 0.1) is 30.0 Å². The quantitative estimate of drug-likeness (QED) is 0.450. The third kappa shape index (κ3) is 6.28. The normalized spacial score (nSPS) is 21.4. The van der Waals surface area contributed by atoms with Crippen LogP contribution < -0.4 is 10.6 Å². The first kappa shape index (κ1) is 26.6. The summed E-state index contributed by atoms with van der Waals surface area (Å²) < 4.78 is 8.03. The average molecular weight is 509 g/mol. The second kappa shape index (κ2) is 11.3. The van der Waals surface area contributed by atoms with Crippen LogP contribution in [-0.4, -0.2) is 57.0 Å². The van der Waals surface area contributed by atoms with Crippen molar-refractivity contribution in [1.82, 2.24) is 20.4 Å². The zero-order chi connectivity index (χ0) is 26.7. The molecule has 1 aromatic carbocycles. The van der Waals surface area contributed by atoms with Crippen molar-refractivity contribution in [2.75, 3.05) is 0 Å². The zero-order valence-corrected chi connectivity index (χ0v) is 21.9. The molecule has 9 heteroatoms. The van der Waals surface area contributed by atoms with E-state index in [-0.39, 0.29) is 29.7 Å². The van der Waals surface area contributed by atoms with Crippen LogP contribution in [0.5, 0.6) is 0 Å². The minimum atomic E-state index is -1.07. The molecule has 1 fully saturated rings. The minimum Gasteiger partial charge on any atom is -0.478 e. The molecule has 37 heavy (non-hydrogen) atoms.